The maximum absolute atomic E-state index is 13.6. The summed E-state index contributed by atoms with van der Waals surface area (Å²) in [5.74, 6) is -6.20. The molecule has 0 aromatic rings. The lowest BCUT2D eigenvalue weighted by Gasteiger charge is -2.29. The quantitative estimate of drug-likeness (QED) is 0.0279. The highest BCUT2D eigenvalue weighted by Crippen LogP contribution is 2.46. The van der Waals surface area contributed by atoms with Crippen LogP contribution in [0, 0.1) is 23.7 Å². The summed E-state index contributed by atoms with van der Waals surface area (Å²) < 4.78 is 31.5. The van der Waals surface area contributed by atoms with Gasteiger partial charge in [0.25, 0.3) is 0 Å². The molecule has 0 unspecified atom stereocenters. The first-order valence-corrected chi connectivity index (χ1v) is 25.8. The predicted molar refractivity (Wildman–Crippen MR) is 283 cm³/mol. The highest BCUT2D eigenvalue weighted by Gasteiger charge is 2.63. The van der Waals surface area contributed by atoms with E-state index in [1.54, 1.807) is 79.7 Å². The van der Waals surface area contributed by atoms with Gasteiger partial charge in [0, 0.05) is 57.8 Å². The third-order valence-electron chi connectivity index (χ3n) is 12.4. The molecule has 0 radical (unpaired) electrons. The highest BCUT2D eigenvalue weighted by molar-refractivity contribution is 5.96. The Labute approximate surface area is 454 Å². The standard InChI is InChI=1S/C27H42N2O8.C14H24O5.C13H20N2O4.ClH/c1-7-10-12-35-13-11-18(14-22(31)37-26(4,5)6)24(33)29-17-20(30)15-21(29)23(32)28-27(16-19(27)8-2)25(34)36-9-3;1-5-6-8-18-9-7-11(13(16)17)10-12(15)19-14(2,3)4;1-3-8-6-13(8,12(18)19-4-2)15-11(17)10-5-9(16)7-14-10;/h7-8,18-21,30H,1-2,9-17H2,3-6H3,(H,28,32);5,11H,1,6-10H2,2-4H3,(H,16,17);3,8-10,14,16H,1,4-7H2,2H3,(H,15,17);1H/t18-,19-,20-,21+,27-;11-;8-,9-,10+,13-;/m111./s1. The van der Waals surface area contributed by atoms with Gasteiger partial charge >= 0.3 is 29.8 Å². The second-order valence-electron chi connectivity index (χ2n) is 21.0. The van der Waals surface area contributed by atoms with Crippen molar-refractivity contribution < 1.29 is 82.1 Å². The van der Waals surface area contributed by atoms with Crippen LogP contribution in [0.15, 0.2) is 50.6 Å². The first-order valence-electron chi connectivity index (χ1n) is 25.8. The SMILES string of the molecule is C=CCCOCC[C@H](CC(=O)OC(C)(C)C)C(=O)N1C[C@H](O)C[C@H]1C(=O)N[C@]1(C(=O)OCC)C[C@H]1C=C.C=CCCOCC[C@H](CC(=O)OC(C)(C)C)C(=O)O.C=C[C@@H]1C[C@]1(NC(=O)[C@@H]1C[C@@H](O)CN1)C(=O)OCC.Cl. The number of carbonyl (C=O) groups excluding carboxylic acids is 7. The zero-order valence-electron chi connectivity index (χ0n) is 45.9. The molecule has 22 heteroatoms. The molecule has 2 aliphatic carbocycles. The van der Waals surface area contributed by atoms with Gasteiger partial charge in [-0.2, -0.15) is 0 Å². The van der Waals surface area contributed by atoms with E-state index in [1.807, 2.05) is 0 Å². The van der Waals surface area contributed by atoms with Crippen molar-refractivity contribution in [2.75, 3.05) is 52.7 Å². The number of halogens is 1. The van der Waals surface area contributed by atoms with Gasteiger partial charge in [0.05, 0.1) is 56.1 Å². The second kappa shape index (κ2) is 32.5. The lowest BCUT2D eigenvalue weighted by Crippen LogP contribution is -2.54. The predicted octanol–water partition coefficient (Wildman–Crippen LogP) is 4.06. The number of hydrogen-bond acceptors (Lipinski definition) is 17. The van der Waals surface area contributed by atoms with E-state index >= 15 is 0 Å². The summed E-state index contributed by atoms with van der Waals surface area (Å²) in [5.41, 5.74) is -3.48. The van der Waals surface area contributed by atoms with Gasteiger partial charge in [-0.15, -0.1) is 38.7 Å². The van der Waals surface area contributed by atoms with Gasteiger partial charge in [-0.05, 0) is 100 Å². The molecule has 6 N–H and O–H groups in total. The van der Waals surface area contributed by atoms with E-state index in [1.165, 1.54) is 4.90 Å². The molecular weight excluding hydrogens is 1010 g/mol. The van der Waals surface area contributed by atoms with Crippen molar-refractivity contribution in [3.63, 3.8) is 0 Å². The molecule has 4 aliphatic rings. The van der Waals surface area contributed by atoms with Crippen LogP contribution in [-0.4, -0.2) is 167 Å². The molecule has 0 aromatic heterocycles. The molecule has 0 aromatic carbocycles. The van der Waals surface area contributed by atoms with Crippen molar-refractivity contribution in [1.82, 2.24) is 20.9 Å². The van der Waals surface area contributed by atoms with Crippen molar-refractivity contribution >= 4 is 60.0 Å². The molecule has 0 spiro atoms. The smallest absolute Gasteiger partial charge is 0.332 e. The van der Waals surface area contributed by atoms with Gasteiger partial charge in [0.1, 0.15) is 28.3 Å². The molecule has 2 saturated carbocycles. The monoisotopic (exact) mass is 1100 g/mol. The van der Waals surface area contributed by atoms with Crippen LogP contribution in [-0.2, 0) is 66.8 Å². The zero-order chi connectivity index (χ0) is 56.7. The van der Waals surface area contributed by atoms with Crippen LogP contribution in [0.2, 0.25) is 0 Å². The molecule has 2 heterocycles. The topological polar surface area (TPSA) is 292 Å². The number of amides is 3. The number of esters is 4. The average molecular weight is 1100 g/mol. The van der Waals surface area contributed by atoms with Crippen LogP contribution >= 0.6 is 12.4 Å². The minimum absolute atomic E-state index is 0. The Hall–Kier alpha value is -5.19. The third kappa shape index (κ3) is 22.8. The van der Waals surface area contributed by atoms with Crippen LogP contribution in [0.3, 0.4) is 0 Å². The van der Waals surface area contributed by atoms with E-state index in [9.17, 15) is 48.6 Å². The van der Waals surface area contributed by atoms with E-state index in [0.29, 0.717) is 58.5 Å². The molecule has 2 saturated heterocycles. The number of β-amino-alcohol motifs (C(OH)–C–C–N with tert-alkyl or cyclic N) is 2. The first-order chi connectivity index (χ1) is 35.2. The summed E-state index contributed by atoms with van der Waals surface area (Å²) in [6, 6.07) is -1.45. The number of carbonyl (C=O) groups is 8. The zero-order valence-corrected chi connectivity index (χ0v) is 46.7. The maximum Gasteiger partial charge on any atom is 0.332 e. The van der Waals surface area contributed by atoms with Gasteiger partial charge in [0.15, 0.2) is 0 Å². The Morgan fingerprint density at radius 3 is 1.51 bits per heavy atom. The maximum atomic E-state index is 13.6. The first kappa shape index (κ1) is 68.8. The number of nitrogens with zero attached hydrogens (tertiary/aromatic N) is 1. The van der Waals surface area contributed by atoms with E-state index < -0.39 is 100 Å². The van der Waals surface area contributed by atoms with Gasteiger partial charge < -0.3 is 64.6 Å². The number of rotatable bonds is 28. The number of likely N-dealkylation sites (tertiary alicyclic amines) is 1. The number of aliphatic hydroxyl groups excluding tert-OH is 2. The van der Waals surface area contributed by atoms with E-state index in [0.717, 1.165) is 6.42 Å². The molecule has 4 rings (SSSR count). The molecule has 76 heavy (non-hydrogen) atoms. The number of carboxylic acids is 1. The van der Waals surface area contributed by atoms with Crippen LogP contribution in [0.4, 0.5) is 0 Å². The second-order valence-corrected chi connectivity index (χ2v) is 21.0. The summed E-state index contributed by atoms with van der Waals surface area (Å²) in [6.45, 7) is 30.7. The third-order valence-corrected chi connectivity index (χ3v) is 12.4. The summed E-state index contributed by atoms with van der Waals surface area (Å²) in [6.07, 6.45) is 8.13. The van der Waals surface area contributed by atoms with Crippen LogP contribution in [0.1, 0.15) is 120 Å². The number of hydrogen-bond donors (Lipinski definition) is 6. The normalized spacial score (nSPS) is 24.8. The largest absolute Gasteiger partial charge is 0.481 e. The van der Waals surface area contributed by atoms with E-state index in [4.69, 9.17) is 33.5 Å². The lowest BCUT2D eigenvalue weighted by atomic mass is 9.99. The Balaban J connectivity index is 0.000000624. The molecule has 2 aliphatic heterocycles. The molecule has 4 fully saturated rings. The fourth-order valence-corrected chi connectivity index (χ4v) is 8.37. The van der Waals surface area contributed by atoms with Crippen LogP contribution in [0.25, 0.3) is 0 Å². The van der Waals surface area contributed by atoms with Crippen LogP contribution < -0.4 is 16.0 Å². The molecule has 10 atom stereocenters. The summed E-state index contributed by atoms with van der Waals surface area (Å²) in [5, 5.41) is 37.2. The number of aliphatic carboxylic acids is 1. The number of aliphatic hydroxyl groups is 2. The van der Waals surface area contributed by atoms with Crippen LogP contribution in [0.5, 0.6) is 0 Å². The Kier molecular flexibility index (Phi) is 29.5. The molecule has 21 nitrogen and oxygen atoms in total. The van der Waals surface area contributed by atoms with Gasteiger partial charge in [-0.25, -0.2) is 9.59 Å². The number of nitrogens with one attached hydrogen (secondary N) is 3. The molecular formula is C54H87ClN4O17. The Bertz CT molecular complexity index is 1990. The Morgan fingerprint density at radius 2 is 1.13 bits per heavy atom. The summed E-state index contributed by atoms with van der Waals surface area (Å²) >= 11 is 0. The van der Waals surface area contributed by atoms with Crippen molar-refractivity contribution in [2.45, 2.75) is 166 Å². The van der Waals surface area contributed by atoms with Gasteiger partial charge in [-0.3, -0.25) is 28.8 Å². The van der Waals surface area contributed by atoms with Gasteiger partial charge in [-0.1, -0.05) is 24.3 Å². The fraction of sp³-hybridized carbons (Fsp3) is 0.704. The number of carboxylic acid groups (broad SMARTS) is 1. The van der Waals surface area contributed by atoms with Crippen molar-refractivity contribution in [3.8, 4) is 0 Å². The fourth-order valence-electron chi connectivity index (χ4n) is 8.37. The molecule has 0 bridgehead atoms. The Morgan fingerprint density at radius 1 is 0.684 bits per heavy atom. The summed E-state index contributed by atoms with van der Waals surface area (Å²) in [4.78, 5) is 100. The highest BCUT2D eigenvalue weighted by atomic mass is 35.5. The number of ether oxygens (including phenoxy) is 6. The minimum atomic E-state index is -1.22. The lowest BCUT2D eigenvalue weighted by molar-refractivity contribution is -0.160. The minimum Gasteiger partial charge on any atom is -0.481 e. The molecule has 432 valence electrons. The van der Waals surface area contributed by atoms with E-state index in [2.05, 4.69) is 42.3 Å². The van der Waals surface area contributed by atoms with Crippen molar-refractivity contribution in [1.29, 1.82) is 0 Å². The average Bonchev–Trinajstić information content (AvgIpc) is 4.11. The van der Waals surface area contributed by atoms with Crippen molar-refractivity contribution in [2.24, 2.45) is 23.7 Å². The van der Waals surface area contributed by atoms with E-state index in [-0.39, 0.29) is 82.2 Å². The molecule has 3 amide bonds. The van der Waals surface area contributed by atoms with Crippen molar-refractivity contribution in [3.05, 3.63) is 50.6 Å². The summed E-state index contributed by atoms with van der Waals surface area (Å²) in [7, 11) is 0. The van der Waals surface area contributed by atoms with Gasteiger partial charge in [0.2, 0.25) is 17.7 Å².